The van der Waals surface area contributed by atoms with Gasteiger partial charge in [-0.1, -0.05) is 12.8 Å². The number of imide groups is 1. The summed E-state index contributed by atoms with van der Waals surface area (Å²) in [6.45, 7) is 0.519. The van der Waals surface area contributed by atoms with Gasteiger partial charge in [0.15, 0.2) is 0 Å². The monoisotopic (exact) mass is 259 g/mol. The minimum absolute atomic E-state index is 0.0621. The molecule has 1 saturated carbocycles. The summed E-state index contributed by atoms with van der Waals surface area (Å²) in [6, 6.07) is 3.30. The summed E-state index contributed by atoms with van der Waals surface area (Å²) in [5.41, 5.74) is 6.50. The minimum atomic E-state index is -0.258. The number of fused-ring (bicyclic) bond motifs is 1. The van der Waals surface area contributed by atoms with Gasteiger partial charge in [-0.3, -0.25) is 19.5 Å². The fourth-order valence-corrected chi connectivity index (χ4v) is 3.19. The lowest BCUT2D eigenvalue weighted by molar-refractivity contribution is 0.0477. The van der Waals surface area contributed by atoms with Crippen LogP contribution in [0.5, 0.6) is 0 Å². The average molecular weight is 259 g/mol. The molecular weight excluding hydrogens is 242 g/mol. The van der Waals surface area contributed by atoms with Crippen LogP contribution in [0, 0.1) is 5.92 Å². The van der Waals surface area contributed by atoms with E-state index >= 15 is 0 Å². The summed E-state index contributed by atoms with van der Waals surface area (Å²) in [6.07, 6.45) is 5.56. The number of hydrogen-bond acceptors (Lipinski definition) is 4. The van der Waals surface area contributed by atoms with Gasteiger partial charge in [0.25, 0.3) is 11.8 Å². The van der Waals surface area contributed by atoms with Crippen molar-refractivity contribution in [2.24, 2.45) is 11.7 Å². The number of nitrogens with two attached hydrogens (primary N) is 1. The Morgan fingerprint density at radius 1 is 1.26 bits per heavy atom. The van der Waals surface area contributed by atoms with E-state index in [0.717, 1.165) is 25.7 Å². The fourth-order valence-electron chi connectivity index (χ4n) is 3.19. The van der Waals surface area contributed by atoms with Crippen molar-refractivity contribution in [1.82, 2.24) is 9.88 Å². The fraction of sp³-hybridized carbons (Fsp3) is 0.500. The van der Waals surface area contributed by atoms with Gasteiger partial charge in [-0.2, -0.15) is 0 Å². The highest BCUT2D eigenvalue weighted by Gasteiger charge is 2.43. The normalized spacial score (nSPS) is 26.7. The summed E-state index contributed by atoms with van der Waals surface area (Å²) in [7, 11) is 0. The van der Waals surface area contributed by atoms with Gasteiger partial charge in [0.2, 0.25) is 0 Å². The van der Waals surface area contributed by atoms with Gasteiger partial charge in [0, 0.05) is 12.2 Å². The zero-order valence-corrected chi connectivity index (χ0v) is 10.7. The Labute approximate surface area is 111 Å². The Morgan fingerprint density at radius 2 is 2.05 bits per heavy atom. The van der Waals surface area contributed by atoms with Gasteiger partial charge < -0.3 is 5.73 Å². The molecule has 1 aromatic heterocycles. The Balaban J connectivity index is 1.95. The lowest BCUT2D eigenvalue weighted by Gasteiger charge is -2.36. The molecule has 1 aliphatic heterocycles. The number of nitrogens with zero attached hydrogens (tertiary/aromatic N) is 2. The van der Waals surface area contributed by atoms with E-state index in [0.29, 0.717) is 12.1 Å². The first-order chi connectivity index (χ1) is 9.24. The van der Waals surface area contributed by atoms with Crippen LogP contribution in [0.1, 0.15) is 46.5 Å². The predicted molar refractivity (Wildman–Crippen MR) is 69.5 cm³/mol. The van der Waals surface area contributed by atoms with Crippen molar-refractivity contribution in [2.45, 2.75) is 31.7 Å². The van der Waals surface area contributed by atoms with Gasteiger partial charge in [0.05, 0.1) is 5.56 Å². The highest BCUT2D eigenvalue weighted by Crippen LogP contribution is 2.33. The molecule has 5 nitrogen and oxygen atoms in total. The first-order valence-electron chi connectivity index (χ1n) is 6.77. The third kappa shape index (κ3) is 1.85. The van der Waals surface area contributed by atoms with Gasteiger partial charge in [-0.05, 0) is 37.4 Å². The lowest BCUT2D eigenvalue weighted by Crippen LogP contribution is -2.47. The molecule has 2 amide bonds. The third-order valence-corrected chi connectivity index (χ3v) is 4.18. The van der Waals surface area contributed by atoms with E-state index in [4.69, 9.17) is 5.73 Å². The van der Waals surface area contributed by atoms with Crippen LogP contribution in [0.25, 0.3) is 0 Å². The molecule has 0 radical (unpaired) electrons. The van der Waals surface area contributed by atoms with Crippen molar-refractivity contribution in [1.29, 1.82) is 0 Å². The molecule has 1 aromatic rings. The van der Waals surface area contributed by atoms with Gasteiger partial charge in [0.1, 0.15) is 5.69 Å². The summed E-state index contributed by atoms with van der Waals surface area (Å²) >= 11 is 0. The standard InChI is InChI=1S/C14H17N3O2/c15-8-9-4-1-2-6-11(9)17-13(18)10-5-3-7-16-12(10)14(17)19/h3,5,7,9,11H,1-2,4,6,8,15H2. The predicted octanol–water partition coefficient (Wildman–Crippen LogP) is 1.20. The van der Waals surface area contributed by atoms with Crippen molar-refractivity contribution in [3.8, 4) is 0 Å². The number of carbonyl (C=O) groups is 2. The summed E-state index contributed by atoms with van der Waals surface area (Å²) < 4.78 is 0. The van der Waals surface area contributed by atoms with Crippen LogP contribution in [0.15, 0.2) is 18.3 Å². The molecule has 2 unspecified atom stereocenters. The van der Waals surface area contributed by atoms with Crippen LogP contribution < -0.4 is 5.73 Å². The lowest BCUT2D eigenvalue weighted by atomic mass is 9.83. The average Bonchev–Trinajstić information content (AvgIpc) is 2.71. The molecule has 19 heavy (non-hydrogen) atoms. The van der Waals surface area contributed by atoms with E-state index in [1.165, 1.54) is 4.90 Å². The van der Waals surface area contributed by atoms with Crippen molar-refractivity contribution in [3.05, 3.63) is 29.6 Å². The molecule has 1 aliphatic carbocycles. The molecule has 2 atom stereocenters. The maximum atomic E-state index is 12.4. The molecule has 5 heteroatoms. The summed E-state index contributed by atoms with van der Waals surface area (Å²) in [5.74, 6) is -0.250. The molecule has 0 saturated heterocycles. The second-order valence-electron chi connectivity index (χ2n) is 5.23. The Bertz CT molecular complexity index is 494. The Hall–Kier alpha value is -1.75. The highest BCUT2D eigenvalue weighted by atomic mass is 16.2. The number of hydrogen-bond donors (Lipinski definition) is 1. The molecule has 100 valence electrons. The largest absolute Gasteiger partial charge is 0.330 e. The van der Waals surface area contributed by atoms with E-state index in [-0.39, 0.29) is 29.5 Å². The first-order valence-corrected chi connectivity index (χ1v) is 6.77. The number of aromatic nitrogens is 1. The van der Waals surface area contributed by atoms with E-state index in [9.17, 15) is 9.59 Å². The number of pyridine rings is 1. The molecule has 0 bridgehead atoms. The maximum absolute atomic E-state index is 12.4. The van der Waals surface area contributed by atoms with Crippen LogP contribution in [0.4, 0.5) is 0 Å². The minimum Gasteiger partial charge on any atom is -0.330 e. The molecule has 3 rings (SSSR count). The zero-order valence-electron chi connectivity index (χ0n) is 10.7. The van der Waals surface area contributed by atoms with E-state index in [2.05, 4.69) is 4.98 Å². The molecule has 0 spiro atoms. The van der Waals surface area contributed by atoms with E-state index in [1.54, 1.807) is 18.3 Å². The third-order valence-electron chi connectivity index (χ3n) is 4.18. The first kappa shape index (κ1) is 12.3. The number of carbonyl (C=O) groups excluding carboxylic acids is 2. The molecule has 0 aromatic carbocycles. The molecule has 2 heterocycles. The van der Waals surface area contributed by atoms with Crippen LogP contribution in [0.2, 0.25) is 0 Å². The van der Waals surface area contributed by atoms with Crippen LogP contribution in [0.3, 0.4) is 0 Å². The van der Waals surface area contributed by atoms with Crippen molar-refractivity contribution in [2.75, 3.05) is 6.54 Å². The molecule has 1 fully saturated rings. The molecule has 2 N–H and O–H groups in total. The van der Waals surface area contributed by atoms with Gasteiger partial charge in [-0.25, -0.2) is 0 Å². The van der Waals surface area contributed by atoms with E-state index in [1.807, 2.05) is 0 Å². The zero-order chi connectivity index (χ0) is 13.4. The molecule has 2 aliphatic rings. The Morgan fingerprint density at radius 3 is 2.79 bits per heavy atom. The smallest absolute Gasteiger partial charge is 0.280 e. The summed E-state index contributed by atoms with van der Waals surface area (Å²) in [4.78, 5) is 30.2. The van der Waals surface area contributed by atoms with Crippen molar-refractivity contribution in [3.63, 3.8) is 0 Å². The van der Waals surface area contributed by atoms with E-state index < -0.39 is 0 Å². The highest BCUT2D eigenvalue weighted by molar-refractivity contribution is 6.20. The summed E-state index contributed by atoms with van der Waals surface area (Å²) in [5, 5.41) is 0. The van der Waals surface area contributed by atoms with Crippen LogP contribution >= 0.6 is 0 Å². The quantitative estimate of drug-likeness (QED) is 0.809. The maximum Gasteiger partial charge on any atom is 0.280 e. The van der Waals surface area contributed by atoms with Crippen molar-refractivity contribution < 1.29 is 9.59 Å². The van der Waals surface area contributed by atoms with Gasteiger partial charge >= 0.3 is 0 Å². The SMILES string of the molecule is NCC1CCCCC1N1C(=O)c2cccnc2C1=O. The number of amides is 2. The number of rotatable bonds is 2. The van der Waals surface area contributed by atoms with Crippen LogP contribution in [-0.4, -0.2) is 34.3 Å². The van der Waals surface area contributed by atoms with Crippen molar-refractivity contribution >= 4 is 11.8 Å². The second-order valence-corrected chi connectivity index (χ2v) is 5.23. The van der Waals surface area contributed by atoms with Crippen LogP contribution in [-0.2, 0) is 0 Å². The Kier molecular flexibility index (Phi) is 3.06. The molecular formula is C14H17N3O2. The topological polar surface area (TPSA) is 76.3 Å². The van der Waals surface area contributed by atoms with Gasteiger partial charge in [-0.15, -0.1) is 0 Å². The second kappa shape index (κ2) is 4.74.